The number of benzene rings is 1. The van der Waals surface area contributed by atoms with Crippen molar-refractivity contribution in [1.29, 1.82) is 0 Å². The average molecular weight is 329 g/mol. The molecule has 22 heavy (non-hydrogen) atoms. The molecule has 1 aromatic rings. The Morgan fingerprint density at radius 3 is 2.45 bits per heavy atom. The zero-order valence-corrected chi connectivity index (χ0v) is 13.1. The largest absolute Gasteiger partial charge is 0.429 e. The third-order valence-electron chi connectivity index (χ3n) is 3.21. The molecule has 1 amide bonds. The van der Waals surface area contributed by atoms with Gasteiger partial charge in [-0.15, -0.1) is 0 Å². The normalized spacial score (nSPS) is 16.3. The van der Waals surface area contributed by atoms with E-state index in [1.807, 2.05) is 0 Å². The number of nitrogens with zero attached hydrogens (tertiary/aromatic N) is 2. The second-order valence-corrected chi connectivity index (χ2v) is 6.58. The first kappa shape index (κ1) is 16.7. The number of hydrogen-bond donors (Lipinski definition) is 1. The molecule has 1 fully saturated rings. The fourth-order valence-electron chi connectivity index (χ4n) is 1.90. The lowest BCUT2D eigenvalue weighted by atomic mass is 10.3. The molecule has 1 aliphatic rings. The van der Waals surface area contributed by atoms with Gasteiger partial charge in [-0.25, -0.2) is 24.1 Å². The molecule has 0 aromatic heterocycles. The van der Waals surface area contributed by atoms with Crippen LogP contribution < -0.4 is 10.6 Å². The van der Waals surface area contributed by atoms with Gasteiger partial charge in [0.1, 0.15) is 5.75 Å². The molecule has 0 aliphatic carbocycles. The minimum absolute atomic E-state index is 0.147. The summed E-state index contributed by atoms with van der Waals surface area (Å²) in [6.07, 6.45) is -0.703. The van der Waals surface area contributed by atoms with E-state index in [9.17, 15) is 13.2 Å². The predicted molar refractivity (Wildman–Crippen MR) is 78.6 cm³/mol. The van der Waals surface area contributed by atoms with Crippen molar-refractivity contribution in [2.75, 3.05) is 32.8 Å². The summed E-state index contributed by atoms with van der Waals surface area (Å²) in [5, 5.41) is 0.915. The van der Waals surface area contributed by atoms with E-state index in [1.54, 1.807) is 6.92 Å². The number of hydrazine groups is 1. The highest BCUT2D eigenvalue weighted by Gasteiger charge is 2.26. The minimum atomic E-state index is -3.55. The van der Waals surface area contributed by atoms with Crippen molar-refractivity contribution < 1.29 is 22.7 Å². The van der Waals surface area contributed by atoms with Crippen molar-refractivity contribution in [2.45, 2.75) is 11.8 Å². The third-order valence-corrected chi connectivity index (χ3v) is 5.12. The Balaban J connectivity index is 2.09. The SMILES string of the molecule is CCN(N)C(=O)Oc1ccc(S(=O)(=O)N2CCOCC2)cc1. The summed E-state index contributed by atoms with van der Waals surface area (Å²) >= 11 is 0. The molecule has 1 aromatic carbocycles. The van der Waals surface area contributed by atoms with Crippen LogP contribution in [0.15, 0.2) is 29.2 Å². The van der Waals surface area contributed by atoms with Gasteiger partial charge in [-0.1, -0.05) is 0 Å². The summed E-state index contributed by atoms with van der Waals surface area (Å²) in [7, 11) is -3.55. The second kappa shape index (κ2) is 7.05. The van der Waals surface area contributed by atoms with Crippen molar-refractivity contribution in [1.82, 2.24) is 9.31 Å². The van der Waals surface area contributed by atoms with Crippen LogP contribution in [0.5, 0.6) is 5.75 Å². The molecule has 0 spiro atoms. The lowest BCUT2D eigenvalue weighted by Gasteiger charge is -2.26. The van der Waals surface area contributed by atoms with Gasteiger partial charge in [0.25, 0.3) is 0 Å². The van der Waals surface area contributed by atoms with Gasteiger partial charge in [0.2, 0.25) is 10.0 Å². The van der Waals surface area contributed by atoms with Crippen LogP contribution in [0.4, 0.5) is 4.79 Å². The van der Waals surface area contributed by atoms with Crippen LogP contribution in [-0.2, 0) is 14.8 Å². The van der Waals surface area contributed by atoms with E-state index in [0.29, 0.717) is 32.8 Å². The first-order valence-electron chi connectivity index (χ1n) is 6.87. The molecule has 0 bridgehead atoms. The van der Waals surface area contributed by atoms with Gasteiger partial charge in [0.15, 0.2) is 0 Å². The fourth-order valence-corrected chi connectivity index (χ4v) is 3.31. The molecular weight excluding hydrogens is 310 g/mol. The molecule has 0 radical (unpaired) electrons. The highest BCUT2D eigenvalue weighted by atomic mass is 32.2. The molecule has 122 valence electrons. The number of rotatable bonds is 4. The summed E-state index contributed by atoms with van der Waals surface area (Å²) in [6.45, 7) is 3.45. The molecule has 8 nitrogen and oxygen atoms in total. The van der Waals surface area contributed by atoms with E-state index in [1.165, 1.54) is 28.6 Å². The summed E-state index contributed by atoms with van der Waals surface area (Å²) in [4.78, 5) is 11.7. The summed E-state index contributed by atoms with van der Waals surface area (Å²) in [6, 6.07) is 5.66. The Bertz CT molecular complexity index is 611. The molecule has 2 rings (SSSR count). The van der Waals surface area contributed by atoms with Crippen LogP contribution in [0.2, 0.25) is 0 Å². The number of carbonyl (C=O) groups is 1. The zero-order chi connectivity index (χ0) is 16.2. The van der Waals surface area contributed by atoms with Gasteiger partial charge in [-0.05, 0) is 31.2 Å². The number of sulfonamides is 1. The van der Waals surface area contributed by atoms with E-state index >= 15 is 0 Å². The Kier molecular flexibility index (Phi) is 5.35. The Morgan fingerprint density at radius 2 is 1.91 bits per heavy atom. The predicted octanol–water partition coefficient (Wildman–Crippen LogP) is 0.402. The Hall–Kier alpha value is -1.68. The van der Waals surface area contributed by atoms with Crippen molar-refractivity contribution in [3.8, 4) is 5.75 Å². The van der Waals surface area contributed by atoms with E-state index in [2.05, 4.69) is 0 Å². The van der Waals surface area contributed by atoms with Crippen LogP contribution in [-0.4, -0.2) is 56.7 Å². The van der Waals surface area contributed by atoms with Crippen LogP contribution in [0.25, 0.3) is 0 Å². The van der Waals surface area contributed by atoms with E-state index in [4.69, 9.17) is 15.3 Å². The molecule has 1 heterocycles. The molecule has 1 aliphatic heterocycles. The van der Waals surface area contributed by atoms with Crippen LogP contribution >= 0.6 is 0 Å². The maximum absolute atomic E-state index is 12.4. The number of carbonyl (C=O) groups excluding carboxylic acids is 1. The van der Waals surface area contributed by atoms with Crippen LogP contribution in [0.3, 0.4) is 0 Å². The van der Waals surface area contributed by atoms with E-state index < -0.39 is 16.1 Å². The molecule has 0 unspecified atom stereocenters. The first-order valence-corrected chi connectivity index (χ1v) is 8.31. The minimum Gasteiger partial charge on any atom is -0.409 e. The lowest BCUT2D eigenvalue weighted by molar-refractivity contribution is 0.0730. The third kappa shape index (κ3) is 3.74. The summed E-state index contributed by atoms with van der Waals surface area (Å²) < 4.78 is 36.4. The average Bonchev–Trinajstić information content (AvgIpc) is 2.55. The highest BCUT2D eigenvalue weighted by Crippen LogP contribution is 2.20. The van der Waals surface area contributed by atoms with Crippen molar-refractivity contribution in [2.24, 2.45) is 5.84 Å². The topological polar surface area (TPSA) is 102 Å². The second-order valence-electron chi connectivity index (χ2n) is 4.64. The molecule has 1 saturated heterocycles. The van der Waals surface area contributed by atoms with Crippen molar-refractivity contribution >= 4 is 16.1 Å². The zero-order valence-electron chi connectivity index (χ0n) is 12.3. The highest BCUT2D eigenvalue weighted by molar-refractivity contribution is 7.89. The quantitative estimate of drug-likeness (QED) is 0.487. The molecular formula is C13H19N3O5S. The number of nitrogens with two attached hydrogens (primary N) is 1. The molecule has 0 saturated carbocycles. The van der Waals surface area contributed by atoms with E-state index in [-0.39, 0.29) is 10.6 Å². The number of hydrogen-bond acceptors (Lipinski definition) is 6. The molecule has 0 atom stereocenters. The maximum atomic E-state index is 12.4. The van der Waals surface area contributed by atoms with Gasteiger partial charge >= 0.3 is 6.09 Å². The van der Waals surface area contributed by atoms with Crippen molar-refractivity contribution in [3.63, 3.8) is 0 Å². The number of amides is 1. The first-order chi connectivity index (χ1) is 10.4. The smallest absolute Gasteiger partial charge is 0.409 e. The lowest BCUT2D eigenvalue weighted by Crippen LogP contribution is -2.40. The van der Waals surface area contributed by atoms with Gasteiger partial charge in [0.05, 0.1) is 18.1 Å². The summed E-state index contributed by atoms with van der Waals surface area (Å²) in [5.74, 6) is 5.64. The Morgan fingerprint density at radius 1 is 1.32 bits per heavy atom. The molecule has 9 heteroatoms. The summed E-state index contributed by atoms with van der Waals surface area (Å²) in [5.41, 5.74) is 0. The van der Waals surface area contributed by atoms with Gasteiger partial charge in [0, 0.05) is 19.6 Å². The maximum Gasteiger partial charge on any atom is 0.429 e. The van der Waals surface area contributed by atoms with Gasteiger partial charge in [-0.2, -0.15) is 4.31 Å². The van der Waals surface area contributed by atoms with Crippen molar-refractivity contribution in [3.05, 3.63) is 24.3 Å². The Labute approximate surface area is 129 Å². The standard InChI is InChI=1S/C13H19N3O5S/c1-2-16(14)13(17)21-11-3-5-12(6-4-11)22(18,19)15-7-9-20-10-8-15/h3-6H,2,7-10,14H2,1H3. The monoisotopic (exact) mass is 329 g/mol. The number of morpholine rings is 1. The van der Waals surface area contributed by atoms with E-state index in [0.717, 1.165) is 5.01 Å². The van der Waals surface area contributed by atoms with Crippen LogP contribution in [0.1, 0.15) is 6.92 Å². The fraction of sp³-hybridized carbons (Fsp3) is 0.462. The van der Waals surface area contributed by atoms with Gasteiger partial charge < -0.3 is 9.47 Å². The van der Waals surface area contributed by atoms with Gasteiger partial charge in [-0.3, -0.25) is 0 Å². The molecule has 2 N–H and O–H groups in total. The van der Waals surface area contributed by atoms with Crippen LogP contribution in [0, 0.1) is 0 Å². The number of ether oxygens (including phenoxy) is 2.